The summed E-state index contributed by atoms with van der Waals surface area (Å²) in [6.45, 7) is 2.98. The zero-order chi connectivity index (χ0) is 43.2. The molecule has 306 valence electrons. The summed E-state index contributed by atoms with van der Waals surface area (Å²) < 4.78 is 0. The van der Waals surface area contributed by atoms with Crippen molar-refractivity contribution in [3.63, 3.8) is 0 Å². The molecule has 2 unspecified atom stereocenters. The number of anilines is 5. The lowest BCUT2D eigenvalue weighted by atomic mass is 9.79. The summed E-state index contributed by atoms with van der Waals surface area (Å²) in [7, 11) is 0. The molecule has 2 atom stereocenters. The third-order valence-electron chi connectivity index (χ3n) is 13.5. The monoisotopic (exact) mass is 832 g/mol. The summed E-state index contributed by atoms with van der Waals surface area (Å²) in [4.78, 5) is 45.2. The molecule has 10 heteroatoms. The fourth-order valence-corrected chi connectivity index (χ4v) is 10.9. The van der Waals surface area contributed by atoms with Gasteiger partial charge in [0.15, 0.2) is 11.3 Å². The Labute approximate surface area is 365 Å². The Kier molecular flexibility index (Phi) is 7.09. The number of benzene rings is 8. The average molecular weight is 833 g/mol. The topological polar surface area (TPSA) is 144 Å². The van der Waals surface area contributed by atoms with Crippen molar-refractivity contribution in [3.8, 4) is 22.3 Å². The first kappa shape index (κ1) is 36.2. The molecular weight excluding hydrogens is 797 g/mol. The Morgan fingerprint density at radius 2 is 1.12 bits per heavy atom. The van der Waals surface area contributed by atoms with Crippen molar-refractivity contribution in [1.29, 1.82) is 0 Å². The van der Waals surface area contributed by atoms with Crippen LogP contribution in [-0.2, 0) is 25.7 Å². The molecule has 64 heavy (non-hydrogen) atoms. The van der Waals surface area contributed by atoms with Gasteiger partial charge in [-0.25, -0.2) is 4.99 Å². The van der Waals surface area contributed by atoms with E-state index in [-0.39, 0.29) is 34.5 Å². The van der Waals surface area contributed by atoms with Gasteiger partial charge >= 0.3 is 0 Å². The largest absolute Gasteiger partial charge is 0.506 e. The number of nitrogens with one attached hydrogen (secondary N) is 5. The molecule has 13 rings (SSSR count). The lowest BCUT2D eigenvalue weighted by Crippen LogP contribution is -2.45. The highest BCUT2D eigenvalue weighted by molar-refractivity contribution is 6.52. The van der Waals surface area contributed by atoms with Crippen molar-refractivity contribution in [2.45, 2.75) is 25.2 Å². The number of aliphatic hydroxyl groups excluding tert-OH is 1. The smallest absolute Gasteiger partial charge is 0.221 e. The van der Waals surface area contributed by atoms with E-state index in [1.807, 2.05) is 121 Å². The molecule has 8 aromatic carbocycles. The van der Waals surface area contributed by atoms with Crippen LogP contribution in [0.1, 0.15) is 41.7 Å². The van der Waals surface area contributed by atoms with Crippen LogP contribution >= 0.6 is 0 Å². The molecule has 0 aromatic heterocycles. The number of Topliss-reactive ketones (excluding diaryl/α,β-unsaturated/α-hetero) is 1. The van der Waals surface area contributed by atoms with E-state index in [4.69, 9.17) is 4.99 Å². The summed E-state index contributed by atoms with van der Waals surface area (Å²) in [6, 6.07) is 48.0. The minimum Gasteiger partial charge on any atom is -0.506 e. The number of ketones is 1. The van der Waals surface area contributed by atoms with E-state index in [1.165, 1.54) is 13.8 Å². The molecule has 6 N–H and O–H groups in total. The third-order valence-corrected chi connectivity index (χ3v) is 13.5. The zero-order valence-corrected chi connectivity index (χ0v) is 34.5. The fraction of sp³-hybridized carbons (Fsp3) is 0.0741. The van der Waals surface area contributed by atoms with Gasteiger partial charge in [-0.2, -0.15) is 0 Å². The molecule has 0 bridgehead atoms. The van der Waals surface area contributed by atoms with Crippen LogP contribution in [0.3, 0.4) is 0 Å². The number of hydrogen-bond donors (Lipinski definition) is 6. The van der Waals surface area contributed by atoms with Gasteiger partial charge in [-0.1, -0.05) is 109 Å². The summed E-state index contributed by atoms with van der Waals surface area (Å²) in [5.74, 6) is -0.755. The fourth-order valence-electron chi connectivity index (χ4n) is 10.9. The second-order valence-electron chi connectivity index (χ2n) is 17.1. The molecule has 2 spiro atoms. The van der Waals surface area contributed by atoms with Gasteiger partial charge in [0.05, 0.1) is 22.2 Å². The van der Waals surface area contributed by atoms with Gasteiger partial charge in [0.2, 0.25) is 17.6 Å². The van der Waals surface area contributed by atoms with Gasteiger partial charge in [-0.3, -0.25) is 14.4 Å². The first-order chi connectivity index (χ1) is 31.1. The third kappa shape index (κ3) is 4.68. The SMILES string of the molecule is CC(=O)Nc1ccc2c(c1)C1(N=c3/c(=C4\C(=O)C(c5ccc6cccc7c6c5NC5(N7)c6ccccc6-c6ccc(NC(C)=O)cc65)=C4O)ccc4cccc(c34)N1)c1ccccc1-2. The van der Waals surface area contributed by atoms with E-state index in [2.05, 4.69) is 50.8 Å². The quantitative estimate of drug-likeness (QED) is 0.104. The Morgan fingerprint density at radius 1 is 0.547 bits per heavy atom. The molecule has 2 amide bonds. The highest BCUT2D eigenvalue weighted by atomic mass is 16.3. The molecule has 0 radical (unpaired) electrons. The molecule has 2 aliphatic heterocycles. The van der Waals surface area contributed by atoms with Crippen molar-refractivity contribution in [2.75, 3.05) is 26.6 Å². The second-order valence-corrected chi connectivity index (χ2v) is 17.1. The molecule has 8 aromatic rings. The number of amides is 2. The van der Waals surface area contributed by atoms with Crippen LogP contribution in [0.5, 0.6) is 0 Å². The lowest BCUT2D eigenvalue weighted by Gasteiger charge is -2.41. The van der Waals surface area contributed by atoms with Gasteiger partial charge in [0, 0.05) is 80.4 Å². The standard InChI is InChI=1S/C54H36N6O4/c1-27(61)55-31-19-23-35-33-11-3-5-13-39(33)53(41(35)25-31)57-43-15-7-9-29-17-21-37(49(59-53)45(29)43)47-51(63)48(52(47)64)38-22-18-30-10-8-16-44-46(30)50(38)60-54(58-44)40-14-6-4-12-34(40)36-24-20-32(26-42(36)54)56-28(2)62/h3-26,57-59,63H,1-2H3,(H,55,61)(H,56,62)/b48-38-. The van der Waals surface area contributed by atoms with E-state index in [0.717, 1.165) is 77.4 Å². The van der Waals surface area contributed by atoms with Crippen molar-refractivity contribution >= 4 is 78.7 Å². The van der Waals surface area contributed by atoms with Crippen LogP contribution in [0.15, 0.2) is 156 Å². The molecule has 3 aliphatic carbocycles. The van der Waals surface area contributed by atoms with E-state index in [9.17, 15) is 14.7 Å². The molecule has 5 aliphatic rings. The first-order valence-electron chi connectivity index (χ1n) is 21.2. The number of hydrogen-bond acceptors (Lipinski definition) is 8. The highest BCUT2D eigenvalue weighted by Gasteiger charge is 2.49. The highest BCUT2D eigenvalue weighted by Crippen LogP contribution is 2.56. The van der Waals surface area contributed by atoms with E-state index in [1.54, 1.807) is 0 Å². The summed E-state index contributed by atoms with van der Waals surface area (Å²) >= 11 is 0. The van der Waals surface area contributed by atoms with E-state index in [0.29, 0.717) is 33.2 Å². The molecule has 2 heterocycles. The summed E-state index contributed by atoms with van der Waals surface area (Å²) in [5, 5.41) is 34.6. The Balaban J connectivity index is 1.04. The number of nitrogens with zero attached hydrogens (tertiary/aromatic N) is 1. The first-order valence-corrected chi connectivity index (χ1v) is 21.2. The molecule has 10 nitrogen and oxygen atoms in total. The van der Waals surface area contributed by atoms with Crippen LogP contribution < -0.4 is 37.2 Å². The number of carbonyl (C=O) groups excluding carboxylic acids is 3. The number of allylic oxidation sites excluding steroid dienone is 2. The maximum Gasteiger partial charge on any atom is 0.221 e. The van der Waals surface area contributed by atoms with Crippen molar-refractivity contribution in [2.24, 2.45) is 4.99 Å². The number of aliphatic hydroxyl groups is 1. The normalized spacial score (nSPS) is 19.8. The zero-order valence-electron chi connectivity index (χ0n) is 34.5. The minimum atomic E-state index is -1.11. The molecular formula is C54H36N6O4. The molecule has 0 saturated heterocycles. The van der Waals surface area contributed by atoms with Gasteiger partial charge in [-0.15, -0.1) is 0 Å². The maximum absolute atomic E-state index is 15.1. The average Bonchev–Trinajstić information content (AvgIpc) is 3.69. The predicted octanol–water partition coefficient (Wildman–Crippen LogP) is 9.26. The molecule has 0 saturated carbocycles. The van der Waals surface area contributed by atoms with E-state index >= 15 is 4.79 Å². The summed E-state index contributed by atoms with van der Waals surface area (Å²) in [5.41, 5.74) is 10.3. The van der Waals surface area contributed by atoms with Gasteiger partial charge in [0.1, 0.15) is 5.76 Å². The molecule has 0 fully saturated rings. The van der Waals surface area contributed by atoms with Gasteiger partial charge in [0.25, 0.3) is 0 Å². The predicted molar refractivity (Wildman–Crippen MR) is 251 cm³/mol. The van der Waals surface area contributed by atoms with Crippen LogP contribution in [0.4, 0.5) is 28.4 Å². The van der Waals surface area contributed by atoms with Crippen LogP contribution in [0.2, 0.25) is 0 Å². The second kappa shape index (κ2) is 12.5. The van der Waals surface area contributed by atoms with Crippen LogP contribution in [0, 0.1) is 0 Å². The van der Waals surface area contributed by atoms with Crippen LogP contribution in [-0.4, -0.2) is 22.7 Å². The summed E-state index contributed by atoms with van der Waals surface area (Å²) in [6.07, 6.45) is 0. The Morgan fingerprint density at radius 3 is 1.83 bits per heavy atom. The number of carbonyl (C=O) groups is 3. The van der Waals surface area contributed by atoms with Crippen molar-refractivity contribution in [3.05, 3.63) is 190 Å². The van der Waals surface area contributed by atoms with Gasteiger partial charge in [-0.05, 0) is 69.4 Å². The van der Waals surface area contributed by atoms with E-state index < -0.39 is 11.3 Å². The maximum atomic E-state index is 15.1. The van der Waals surface area contributed by atoms with Crippen molar-refractivity contribution < 1.29 is 19.5 Å². The Bertz CT molecular complexity index is 3720. The van der Waals surface area contributed by atoms with Crippen LogP contribution in [0.25, 0.3) is 54.9 Å². The van der Waals surface area contributed by atoms with Gasteiger partial charge < -0.3 is 31.7 Å². The number of rotatable bonds is 3. The number of fused-ring (bicyclic) bond motifs is 10. The Hall–Kier alpha value is -8.50. The lowest BCUT2D eigenvalue weighted by molar-refractivity contribution is -0.115. The van der Waals surface area contributed by atoms with Crippen molar-refractivity contribution in [1.82, 2.24) is 0 Å². The minimum absolute atomic E-state index is 0.108.